The molecule has 1 saturated heterocycles. The van der Waals surface area contributed by atoms with Crippen LogP contribution in [-0.4, -0.2) is 40.1 Å². The van der Waals surface area contributed by atoms with Crippen molar-refractivity contribution in [1.29, 1.82) is 0 Å². The van der Waals surface area contributed by atoms with Crippen molar-refractivity contribution in [3.8, 4) is 0 Å². The minimum Gasteiger partial charge on any atom is -0.396 e. The highest BCUT2D eigenvalue weighted by Crippen LogP contribution is 2.21. The normalized spacial score (nSPS) is 23.2. The largest absolute Gasteiger partial charge is 0.396 e. The number of amides is 1. The molecule has 1 aromatic rings. The van der Waals surface area contributed by atoms with Crippen LogP contribution in [0.1, 0.15) is 30.9 Å². The van der Waals surface area contributed by atoms with Gasteiger partial charge in [0.1, 0.15) is 0 Å². The summed E-state index contributed by atoms with van der Waals surface area (Å²) in [6, 6.07) is 2.23. The Balaban J connectivity index is 2.03. The number of likely N-dealkylation sites (tertiary alicyclic amines) is 1. The second-order valence-corrected chi connectivity index (χ2v) is 5.59. The molecule has 2 atom stereocenters. The second-order valence-electron chi connectivity index (χ2n) is 5.59. The maximum Gasteiger partial charge on any atom is 0.246 e. The van der Waals surface area contributed by atoms with Crippen molar-refractivity contribution in [2.45, 2.75) is 32.7 Å². The number of hydrogen-bond acceptors (Lipinski definition) is 3. The number of carbonyl (C=O) groups excluding carboxylic acids is 1. The summed E-state index contributed by atoms with van der Waals surface area (Å²) in [6.07, 6.45) is 8.89. The molecule has 1 aliphatic rings. The molecule has 2 heterocycles. The van der Waals surface area contributed by atoms with Crippen LogP contribution < -0.4 is 0 Å². The van der Waals surface area contributed by atoms with Crippen LogP contribution in [0.5, 0.6) is 0 Å². The summed E-state index contributed by atoms with van der Waals surface area (Å²) < 4.78 is 0. The average molecular weight is 274 g/mol. The number of nitrogens with zero attached hydrogens (tertiary/aromatic N) is 2. The molecule has 0 radical (unpaired) electrons. The van der Waals surface area contributed by atoms with Crippen LogP contribution in [-0.2, 0) is 4.79 Å². The van der Waals surface area contributed by atoms with Gasteiger partial charge in [-0.25, -0.2) is 0 Å². The fourth-order valence-corrected chi connectivity index (χ4v) is 2.57. The highest BCUT2D eigenvalue weighted by molar-refractivity contribution is 5.92. The van der Waals surface area contributed by atoms with Crippen LogP contribution in [0.2, 0.25) is 0 Å². The molecule has 0 spiro atoms. The Morgan fingerprint density at radius 2 is 2.30 bits per heavy atom. The summed E-state index contributed by atoms with van der Waals surface area (Å²) in [7, 11) is 0. The van der Waals surface area contributed by atoms with Crippen LogP contribution in [0, 0.1) is 12.8 Å². The minimum absolute atomic E-state index is 0.0113. The lowest BCUT2D eigenvalue weighted by Crippen LogP contribution is -2.45. The summed E-state index contributed by atoms with van der Waals surface area (Å²) >= 11 is 0. The predicted molar refractivity (Wildman–Crippen MR) is 79.0 cm³/mol. The lowest BCUT2D eigenvalue weighted by molar-refractivity contribution is -0.130. The molecule has 108 valence electrons. The van der Waals surface area contributed by atoms with Crippen molar-refractivity contribution in [3.05, 3.63) is 35.7 Å². The zero-order chi connectivity index (χ0) is 14.5. The Hall–Kier alpha value is -1.68. The average Bonchev–Trinajstić information content (AvgIpc) is 2.45. The molecule has 1 aliphatic heterocycles. The van der Waals surface area contributed by atoms with E-state index in [4.69, 9.17) is 0 Å². The number of aliphatic hydroxyl groups is 1. The van der Waals surface area contributed by atoms with Gasteiger partial charge in [0.25, 0.3) is 0 Å². The Morgan fingerprint density at radius 3 is 3.00 bits per heavy atom. The summed E-state index contributed by atoms with van der Waals surface area (Å²) in [4.78, 5) is 18.2. The van der Waals surface area contributed by atoms with E-state index in [1.807, 2.05) is 17.9 Å². The van der Waals surface area contributed by atoms with Crippen molar-refractivity contribution in [3.63, 3.8) is 0 Å². The number of hydrogen-bond donors (Lipinski definition) is 1. The molecule has 20 heavy (non-hydrogen) atoms. The Bertz CT molecular complexity index is 499. The molecule has 1 aromatic heterocycles. The van der Waals surface area contributed by atoms with Crippen molar-refractivity contribution in [1.82, 2.24) is 9.88 Å². The summed E-state index contributed by atoms with van der Waals surface area (Å²) in [5.41, 5.74) is 2.01. The first-order valence-electron chi connectivity index (χ1n) is 7.11. The topological polar surface area (TPSA) is 53.4 Å². The number of pyridine rings is 1. The molecule has 0 aromatic carbocycles. The molecule has 1 fully saturated rings. The van der Waals surface area contributed by atoms with Crippen LogP contribution in [0.3, 0.4) is 0 Å². The molecule has 2 unspecified atom stereocenters. The Labute approximate surface area is 120 Å². The lowest BCUT2D eigenvalue weighted by Gasteiger charge is -2.36. The van der Waals surface area contributed by atoms with Crippen LogP contribution >= 0.6 is 0 Å². The Kier molecular flexibility index (Phi) is 4.90. The monoisotopic (exact) mass is 274 g/mol. The van der Waals surface area contributed by atoms with Gasteiger partial charge in [-0.3, -0.25) is 9.78 Å². The van der Waals surface area contributed by atoms with Gasteiger partial charge in [-0.05, 0) is 55.9 Å². The van der Waals surface area contributed by atoms with Gasteiger partial charge in [0.15, 0.2) is 0 Å². The zero-order valence-electron chi connectivity index (χ0n) is 12.1. The molecule has 0 aliphatic carbocycles. The summed E-state index contributed by atoms with van der Waals surface area (Å²) in [5, 5.41) is 9.25. The molecule has 0 saturated carbocycles. The first-order chi connectivity index (χ1) is 9.60. The highest BCUT2D eigenvalue weighted by atomic mass is 16.3. The Morgan fingerprint density at radius 1 is 1.50 bits per heavy atom. The van der Waals surface area contributed by atoms with Crippen molar-refractivity contribution < 1.29 is 9.90 Å². The molecular weight excluding hydrogens is 252 g/mol. The lowest BCUT2D eigenvalue weighted by atomic mass is 9.94. The first kappa shape index (κ1) is 14.7. The van der Waals surface area contributed by atoms with E-state index in [-0.39, 0.29) is 24.5 Å². The van der Waals surface area contributed by atoms with Crippen LogP contribution in [0.15, 0.2) is 24.5 Å². The van der Waals surface area contributed by atoms with Crippen LogP contribution in [0.25, 0.3) is 6.08 Å². The first-order valence-corrected chi connectivity index (χ1v) is 7.11. The predicted octanol–water partition coefficient (Wildman–Crippen LogP) is 2.02. The van der Waals surface area contributed by atoms with E-state index < -0.39 is 0 Å². The van der Waals surface area contributed by atoms with E-state index in [0.29, 0.717) is 6.54 Å². The molecular formula is C16H22N2O2. The van der Waals surface area contributed by atoms with E-state index in [2.05, 4.69) is 11.9 Å². The van der Waals surface area contributed by atoms with Gasteiger partial charge in [0.2, 0.25) is 5.91 Å². The maximum atomic E-state index is 12.3. The fourth-order valence-electron chi connectivity index (χ4n) is 2.57. The van der Waals surface area contributed by atoms with Gasteiger partial charge in [0.05, 0.1) is 0 Å². The van der Waals surface area contributed by atoms with E-state index in [9.17, 15) is 9.90 Å². The van der Waals surface area contributed by atoms with Gasteiger partial charge in [-0.15, -0.1) is 0 Å². The van der Waals surface area contributed by atoms with Gasteiger partial charge >= 0.3 is 0 Å². The smallest absolute Gasteiger partial charge is 0.246 e. The molecule has 4 nitrogen and oxygen atoms in total. The van der Waals surface area contributed by atoms with Crippen LogP contribution in [0.4, 0.5) is 0 Å². The number of piperidine rings is 1. The third-order valence-electron chi connectivity index (χ3n) is 3.84. The third kappa shape index (κ3) is 3.67. The maximum absolute atomic E-state index is 12.3. The number of rotatable bonds is 3. The summed E-state index contributed by atoms with van der Waals surface area (Å²) in [5.74, 6) is 0.223. The van der Waals surface area contributed by atoms with Gasteiger partial charge in [-0.2, -0.15) is 0 Å². The van der Waals surface area contributed by atoms with Gasteiger partial charge in [-0.1, -0.05) is 0 Å². The van der Waals surface area contributed by atoms with E-state index >= 15 is 0 Å². The van der Waals surface area contributed by atoms with E-state index in [0.717, 1.165) is 24.0 Å². The van der Waals surface area contributed by atoms with E-state index in [1.54, 1.807) is 24.5 Å². The number of aromatic nitrogens is 1. The quantitative estimate of drug-likeness (QED) is 0.858. The summed E-state index contributed by atoms with van der Waals surface area (Å²) in [6.45, 7) is 4.84. The number of carbonyl (C=O) groups is 1. The fraction of sp³-hybridized carbons (Fsp3) is 0.500. The highest BCUT2D eigenvalue weighted by Gasteiger charge is 2.27. The third-order valence-corrected chi connectivity index (χ3v) is 3.84. The van der Waals surface area contributed by atoms with Crippen molar-refractivity contribution >= 4 is 12.0 Å². The zero-order valence-corrected chi connectivity index (χ0v) is 12.1. The number of aryl methyl sites for hydroxylation is 1. The molecule has 4 heteroatoms. The number of aliphatic hydroxyl groups excluding tert-OH is 1. The van der Waals surface area contributed by atoms with Gasteiger partial charge in [0, 0.05) is 37.7 Å². The minimum atomic E-state index is 0.0113. The molecule has 1 amide bonds. The SMILES string of the molecule is Cc1cncc(/C=C/C(=O)N2CC(CO)CCC2C)c1. The molecule has 1 N–H and O–H groups in total. The molecule has 0 bridgehead atoms. The standard InChI is InChI=1S/C16H22N2O2/c1-12-7-14(9-17-8-12)5-6-16(20)18-10-15(11-19)4-3-13(18)2/h5-9,13,15,19H,3-4,10-11H2,1-2H3/b6-5+. The van der Waals surface area contributed by atoms with Gasteiger partial charge < -0.3 is 10.0 Å². The van der Waals surface area contributed by atoms with Crippen molar-refractivity contribution in [2.75, 3.05) is 13.2 Å². The van der Waals surface area contributed by atoms with Crippen molar-refractivity contribution in [2.24, 2.45) is 5.92 Å². The molecule has 2 rings (SSSR count). The second kappa shape index (κ2) is 6.66. The van der Waals surface area contributed by atoms with E-state index in [1.165, 1.54) is 0 Å².